The second-order valence-electron chi connectivity index (χ2n) is 6.83. The van der Waals surface area contributed by atoms with Crippen molar-refractivity contribution in [3.8, 4) is 0 Å². The van der Waals surface area contributed by atoms with Crippen molar-refractivity contribution in [3.05, 3.63) is 0 Å². The third-order valence-electron chi connectivity index (χ3n) is 5.53. The molecule has 3 heterocycles. The van der Waals surface area contributed by atoms with E-state index in [1.807, 2.05) is 0 Å². The third-order valence-corrected chi connectivity index (χ3v) is 5.53. The summed E-state index contributed by atoms with van der Waals surface area (Å²) < 4.78 is 11.7. The largest absolute Gasteiger partial charge is 0.381 e. The lowest BCUT2D eigenvalue weighted by molar-refractivity contribution is -0.152. The van der Waals surface area contributed by atoms with Crippen molar-refractivity contribution in [1.82, 2.24) is 10.2 Å². The van der Waals surface area contributed by atoms with Crippen molar-refractivity contribution in [2.45, 2.75) is 50.2 Å². The van der Waals surface area contributed by atoms with E-state index in [0.717, 1.165) is 44.6 Å². The Morgan fingerprint density at radius 3 is 2.55 bits per heavy atom. The van der Waals surface area contributed by atoms with Gasteiger partial charge in [0, 0.05) is 25.9 Å². The number of piperidine rings is 1. The molecule has 3 aliphatic heterocycles. The molecule has 0 amide bonds. The number of likely N-dealkylation sites (tertiary alicyclic amines) is 1. The average Bonchev–Trinajstić information content (AvgIpc) is 2.49. The monoisotopic (exact) mass is 282 g/mol. The molecule has 0 aliphatic carbocycles. The molecule has 4 nitrogen and oxygen atoms in total. The lowest BCUT2D eigenvalue weighted by Gasteiger charge is -2.47. The highest BCUT2D eigenvalue weighted by molar-refractivity contribution is 4.93. The van der Waals surface area contributed by atoms with E-state index in [0.29, 0.717) is 0 Å². The summed E-state index contributed by atoms with van der Waals surface area (Å²) in [5.74, 6) is 0.883. The Balaban J connectivity index is 1.52. The van der Waals surface area contributed by atoms with Crippen LogP contribution in [-0.4, -0.2) is 63.0 Å². The molecule has 3 fully saturated rings. The lowest BCUT2D eigenvalue weighted by Crippen LogP contribution is -2.52. The molecule has 0 aromatic carbocycles. The maximum Gasteiger partial charge on any atom is 0.0741 e. The fraction of sp³-hybridized carbons (Fsp3) is 1.00. The van der Waals surface area contributed by atoms with Crippen LogP contribution in [0.3, 0.4) is 0 Å². The zero-order valence-electron chi connectivity index (χ0n) is 12.9. The summed E-state index contributed by atoms with van der Waals surface area (Å²) in [5, 5.41) is 3.33. The van der Waals surface area contributed by atoms with Crippen LogP contribution in [0.4, 0.5) is 0 Å². The Morgan fingerprint density at radius 1 is 1.10 bits per heavy atom. The lowest BCUT2D eigenvalue weighted by atomic mass is 9.82. The van der Waals surface area contributed by atoms with Crippen LogP contribution in [0.5, 0.6) is 0 Å². The Labute approximate surface area is 123 Å². The van der Waals surface area contributed by atoms with Crippen LogP contribution in [0.2, 0.25) is 0 Å². The first-order valence-electron chi connectivity index (χ1n) is 8.42. The van der Waals surface area contributed by atoms with E-state index in [1.54, 1.807) is 0 Å². The van der Waals surface area contributed by atoms with Gasteiger partial charge in [-0.2, -0.15) is 0 Å². The fourth-order valence-electron chi connectivity index (χ4n) is 4.22. The molecule has 20 heavy (non-hydrogen) atoms. The summed E-state index contributed by atoms with van der Waals surface area (Å²) in [6, 6.07) is 0.748. The van der Waals surface area contributed by atoms with Gasteiger partial charge >= 0.3 is 0 Å². The van der Waals surface area contributed by atoms with Crippen LogP contribution in [0.25, 0.3) is 0 Å². The third kappa shape index (κ3) is 3.35. The number of nitrogens with zero attached hydrogens (tertiary/aromatic N) is 1. The predicted octanol–water partition coefficient (Wildman–Crippen LogP) is 1.65. The van der Waals surface area contributed by atoms with Gasteiger partial charge in [-0.15, -0.1) is 0 Å². The molecule has 3 rings (SSSR count). The van der Waals surface area contributed by atoms with Crippen LogP contribution >= 0.6 is 0 Å². The van der Waals surface area contributed by atoms with Gasteiger partial charge in [0.15, 0.2) is 0 Å². The van der Waals surface area contributed by atoms with Crippen LogP contribution in [-0.2, 0) is 9.47 Å². The quantitative estimate of drug-likeness (QED) is 0.853. The van der Waals surface area contributed by atoms with Gasteiger partial charge in [0.25, 0.3) is 0 Å². The molecule has 4 heteroatoms. The molecule has 1 atom stereocenters. The summed E-state index contributed by atoms with van der Waals surface area (Å²) in [5.41, 5.74) is 0.142. The normalized spacial score (nSPS) is 32.5. The van der Waals surface area contributed by atoms with Gasteiger partial charge in [-0.25, -0.2) is 0 Å². The number of ether oxygens (including phenoxy) is 2. The van der Waals surface area contributed by atoms with E-state index < -0.39 is 0 Å². The molecule has 116 valence electrons. The molecule has 3 aliphatic rings. The summed E-state index contributed by atoms with van der Waals surface area (Å²) in [7, 11) is 2.07. The van der Waals surface area contributed by atoms with Gasteiger partial charge < -0.3 is 19.7 Å². The van der Waals surface area contributed by atoms with E-state index in [4.69, 9.17) is 9.47 Å². The maximum absolute atomic E-state index is 6.17. The van der Waals surface area contributed by atoms with Crippen molar-refractivity contribution >= 4 is 0 Å². The van der Waals surface area contributed by atoms with E-state index in [-0.39, 0.29) is 5.60 Å². The van der Waals surface area contributed by atoms with Gasteiger partial charge in [0.2, 0.25) is 0 Å². The number of nitrogens with one attached hydrogen (secondary N) is 1. The zero-order chi connectivity index (χ0) is 13.8. The molecular formula is C16H30N2O2. The zero-order valence-corrected chi connectivity index (χ0v) is 12.9. The first-order chi connectivity index (χ1) is 9.81. The van der Waals surface area contributed by atoms with Crippen LogP contribution < -0.4 is 5.32 Å². The fourth-order valence-corrected chi connectivity index (χ4v) is 4.22. The van der Waals surface area contributed by atoms with Crippen LogP contribution in [0, 0.1) is 5.92 Å². The highest BCUT2D eigenvalue weighted by Gasteiger charge is 2.41. The minimum atomic E-state index is 0.142. The van der Waals surface area contributed by atoms with Gasteiger partial charge in [0.05, 0.1) is 5.60 Å². The molecule has 1 unspecified atom stereocenters. The Kier molecular flexibility index (Phi) is 4.97. The van der Waals surface area contributed by atoms with Gasteiger partial charge in [-0.1, -0.05) is 0 Å². The summed E-state index contributed by atoms with van der Waals surface area (Å²) >= 11 is 0. The van der Waals surface area contributed by atoms with E-state index in [2.05, 4.69) is 17.3 Å². The average molecular weight is 282 g/mol. The highest BCUT2D eigenvalue weighted by atomic mass is 16.5. The first-order valence-corrected chi connectivity index (χ1v) is 8.42. The molecular weight excluding hydrogens is 252 g/mol. The molecule has 3 saturated heterocycles. The molecule has 0 radical (unpaired) electrons. The van der Waals surface area contributed by atoms with Crippen molar-refractivity contribution < 1.29 is 9.47 Å². The SMILES string of the molecule is CNCC1CCN(C2CCOC3(CCOCC3)C2)CC1. The minimum Gasteiger partial charge on any atom is -0.381 e. The molecule has 0 bridgehead atoms. The van der Waals surface area contributed by atoms with Crippen LogP contribution in [0.15, 0.2) is 0 Å². The first kappa shape index (κ1) is 14.8. The highest BCUT2D eigenvalue weighted by Crippen LogP contribution is 2.37. The summed E-state index contributed by atoms with van der Waals surface area (Å²) in [4.78, 5) is 2.74. The topological polar surface area (TPSA) is 33.7 Å². The summed E-state index contributed by atoms with van der Waals surface area (Å²) in [6.07, 6.45) is 7.36. The second-order valence-corrected chi connectivity index (χ2v) is 6.83. The number of hydrogen-bond acceptors (Lipinski definition) is 4. The molecule has 0 aromatic heterocycles. The van der Waals surface area contributed by atoms with Crippen molar-refractivity contribution in [3.63, 3.8) is 0 Å². The smallest absolute Gasteiger partial charge is 0.0741 e. The van der Waals surface area contributed by atoms with Gasteiger partial charge in [-0.05, 0) is 71.1 Å². The van der Waals surface area contributed by atoms with Crippen molar-refractivity contribution in [2.24, 2.45) is 5.92 Å². The standard InChI is InChI=1S/C16H30N2O2/c1-17-13-14-2-7-18(8-3-14)15-4-9-20-16(12-15)5-10-19-11-6-16/h14-15,17H,2-13H2,1H3. The Morgan fingerprint density at radius 2 is 1.85 bits per heavy atom. The molecule has 0 aromatic rings. The van der Waals surface area contributed by atoms with E-state index in [9.17, 15) is 0 Å². The molecule has 0 saturated carbocycles. The van der Waals surface area contributed by atoms with Gasteiger partial charge in [0.1, 0.15) is 0 Å². The summed E-state index contributed by atoms with van der Waals surface area (Å²) in [6.45, 7) is 6.46. The predicted molar refractivity (Wildman–Crippen MR) is 80.0 cm³/mol. The minimum absolute atomic E-state index is 0.142. The van der Waals surface area contributed by atoms with Crippen molar-refractivity contribution in [1.29, 1.82) is 0 Å². The Bertz CT molecular complexity index is 291. The molecule has 1 N–H and O–H groups in total. The van der Waals surface area contributed by atoms with Crippen molar-refractivity contribution in [2.75, 3.05) is 46.5 Å². The van der Waals surface area contributed by atoms with Gasteiger partial charge in [-0.3, -0.25) is 0 Å². The maximum atomic E-state index is 6.17. The van der Waals surface area contributed by atoms with E-state index in [1.165, 1.54) is 45.3 Å². The Hall–Kier alpha value is -0.160. The number of rotatable bonds is 3. The second kappa shape index (κ2) is 6.73. The number of hydrogen-bond donors (Lipinski definition) is 1. The van der Waals surface area contributed by atoms with Crippen LogP contribution in [0.1, 0.15) is 38.5 Å². The van der Waals surface area contributed by atoms with E-state index >= 15 is 0 Å². The molecule has 1 spiro atoms.